The number of pyridine rings is 1. The van der Waals surface area contributed by atoms with Gasteiger partial charge in [0.05, 0.1) is 18.7 Å². The highest BCUT2D eigenvalue weighted by Gasteiger charge is 2.33. The minimum absolute atomic E-state index is 0.0110. The Kier molecular flexibility index (Phi) is 3.64. The van der Waals surface area contributed by atoms with Crippen molar-refractivity contribution in [1.82, 2.24) is 9.88 Å². The summed E-state index contributed by atoms with van der Waals surface area (Å²) in [6, 6.07) is 1.75. The molecule has 1 aliphatic heterocycles. The first kappa shape index (κ1) is 13.6. The second-order valence-corrected chi connectivity index (χ2v) is 4.27. The lowest BCUT2D eigenvalue weighted by Gasteiger charge is -2.38. The number of rotatable bonds is 3. The molecule has 0 aromatic carbocycles. The van der Waals surface area contributed by atoms with E-state index in [0.717, 1.165) is 18.3 Å². The van der Waals surface area contributed by atoms with Gasteiger partial charge in [-0.05, 0) is 6.07 Å². The van der Waals surface area contributed by atoms with Crippen molar-refractivity contribution in [3.63, 3.8) is 0 Å². The quantitative estimate of drug-likeness (QED) is 0.847. The fraction of sp³-hybridized carbons (Fsp3) is 0.500. The van der Waals surface area contributed by atoms with Crippen LogP contribution in [-0.2, 0) is 11.0 Å². The lowest BCUT2D eigenvalue weighted by molar-refractivity contribution is -0.139. The fourth-order valence-electron chi connectivity index (χ4n) is 1.76. The van der Waals surface area contributed by atoms with Gasteiger partial charge >= 0.3 is 6.18 Å². The largest absolute Gasteiger partial charge is 0.471 e. The molecule has 0 saturated carbocycles. The van der Waals surface area contributed by atoms with Gasteiger partial charge in [-0.15, -0.1) is 0 Å². The number of carbonyl (C=O) groups excluding carboxylic acids is 1. The second kappa shape index (κ2) is 5.07. The zero-order valence-corrected chi connectivity index (χ0v) is 10.3. The van der Waals surface area contributed by atoms with Crippen LogP contribution in [-0.4, -0.2) is 35.0 Å². The predicted molar refractivity (Wildman–Crippen MR) is 60.5 cm³/mol. The highest BCUT2D eigenvalue weighted by molar-refractivity contribution is 5.76. The summed E-state index contributed by atoms with van der Waals surface area (Å²) >= 11 is 0. The summed E-state index contributed by atoms with van der Waals surface area (Å²) < 4.78 is 42.7. The molecule has 1 aromatic heterocycles. The summed E-state index contributed by atoms with van der Waals surface area (Å²) in [5.41, 5.74) is -0.793. The van der Waals surface area contributed by atoms with E-state index in [1.165, 1.54) is 0 Å². The average Bonchev–Trinajstić information content (AvgIpc) is 2.31. The topological polar surface area (TPSA) is 42.4 Å². The van der Waals surface area contributed by atoms with E-state index >= 15 is 0 Å². The van der Waals surface area contributed by atoms with Gasteiger partial charge in [-0.25, -0.2) is 4.98 Å². The summed E-state index contributed by atoms with van der Waals surface area (Å²) in [4.78, 5) is 16.6. The molecule has 1 aliphatic rings. The molecule has 19 heavy (non-hydrogen) atoms. The van der Waals surface area contributed by atoms with Gasteiger partial charge in [-0.2, -0.15) is 13.2 Å². The van der Waals surface area contributed by atoms with Crippen molar-refractivity contribution >= 4 is 5.91 Å². The van der Waals surface area contributed by atoms with Crippen molar-refractivity contribution in [1.29, 1.82) is 0 Å². The van der Waals surface area contributed by atoms with Crippen LogP contribution < -0.4 is 4.74 Å². The Morgan fingerprint density at radius 3 is 2.79 bits per heavy atom. The molecule has 1 aromatic rings. The Bertz CT molecular complexity index is 470. The van der Waals surface area contributed by atoms with E-state index in [0.29, 0.717) is 19.5 Å². The number of carbonyl (C=O) groups is 1. The third-order valence-electron chi connectivity index (χ3n) is 2.85. The highest BCUT2D eigenvalue weighted by Crippen LogP contribution is 2.30. The van der Waals surface area contributed by atoms with E-state index in [1.807, 2.05) is 0 Å². The average molecular weight is 274 g/mol. The number of nitrogens with zero attached hydrogens (tertiary/aromatic N) is 2. The number of alkyl halides is 3. The molecule has 0 radical (unpaired) electrons. The lowest BCUT2D eigenvalue weighted by atomic mass is 10.1. The summed E-state index contributed by atoms with van der Waals surface area (Å²) in [7, 11) is 0. The smallest absolute Gasteiger partial charge is 0.416 e. The minimum Gasteiger partial charge on any atom is -0.471 e. The number of likely N-dealkylation sites (tertiary alicyclic amines) is 1. The molecule has 7 heteroatoms. The van der Waals surface area contributed by atoms with Crippen LogP contribution in [0.25, 0.3) is 0 Å². The number of hydrogen-bond acceptors (Lipinski definition) is 3. The van der Waals surface area contributed by atoms with Crippen LogP contribution in [0.2, 0.25) is 0 Å². The van der Waals surface area contributed by atoms with Crippen molar-refractivity contribution in [2.45, 2.75) is 25.6 Å². The third kappa shape index (κ3) is 3.15. The molecule has 0 atom stereocenters. The Hall–Kier alpha value is -1.79. The summed E-state index contributed by atoms with van der Waals surface area (Å²) in [6.07, 6.45) is -3.22. The minimum atomic E-state index is -4.41. The summed E-state index contributed by atoms with van der Waals surface area (Å²) in [5, 5.41) is 0. The first-order valence-corrected chi connectivity index (χ1v) is 5.88. The van der Waals surface area contributed by atoms with E-state index in [9.17, 15) is 18.0 Å². The molecule has 1 amide bonds. The molecule has 4 nitrogen and oxygen atoms in total. The van der Waals surface area contributed by atoms with Crippen molar-refractivity contribution in [3.8, 4) is 5.88 Å². The molecule has 0 unspecified atom stereocenters. The van der Waals surface area contributed by atoms with Gasteiger partial charge in [-0.1, -0.05) is 6.92 Å². The number of aromatic nitrogens is 1. The summed E-state index contributed by atoms with van der Waals surface area (Å²) in [5.74, 6) is -0.0553. The van der Waals surface area contributed by atoms with Crippen molar-refractivity contribution < 1.29 is 22.7 Å². The molecule has 1 saturated heterocycles. The Balaban J connectivity index is 1.93. The fourth-order valence-corrected chi connectivity index (χ4v) is 1.76. The highest BCUT2D eigenvalue weighted by atomic mass is 19.4. The molecule has 0 spiro atoms. The van der Waals surface area contributed by atoms with Crippen LogP contribution in [0.1, 0.15) is 18.9 Å². The maximum Gasteiger partial charge on any atom is 0.416 e. The van der Waals surface area contributed by atoms with Crippen LogP contribution in [0.5, 0.6) is 5.88 Å². The molecule has 104 valence electrons. The van der Waals surface area contributed by atoms with Gasteiger partial charge in [-0.3, -0.25) is 4.79 Å². The van der Waals surface area contributed by atoms with E-state index in [1.54, 1.807) is 11.8 Å². The number of hydrogen-bond donors (Lipinski definition) is 0. The molecule has 2 heterocycles. The molecule has 2 rings (SSSR count). The molecular formula is C12H13F3N2O2. The van der Waals surface area contributed by atoms with E-state index in [2.05, 4.69) is 4.98 Å². The van der Waals surface area contributed by atoms with Crippen molar-refractivity contribution in [2.24, 2.45) is 0 Å². The van der Waals surface area contributed by atoms with E-state index in [-0.39, 0.29) is 17.9 Å². The number of halogens is 3. The summed E-state index contributed by atoms with van der Waals surface area (Å²) in [6.45, 7) is 2.54. The number of amides is 1. The normalized spacial score (nSPS) is 16.1. The monoisotopic (exact) mass is 274 g/mol. The van der Waals surface area contributed by atoms with Gasteiger partial charge in [0, 0.05) is 18.7 Å². The SMILES string of the molecule is CCC(=O)N1CC(Oc2cc(C(F)(F)F)ccn2)C1. The van der Waals surface area contributed by atoms with Crippen LogP contribution in [0.15, 0.2) is 18.3 Å². The van der Waals surface area contributed by atoms with E-state index < -0.39 is 11.7 Å². The van der Waals surface area contributed by atoms with Gasteiger partial charge in [0.25, 0.3) is 0 Å². The van der Waals surface area contributed by atoms with E-state index in [4.69, 9.17) is 4.74 Å². The Morgan fingerprint density at radius 2 is 2.21 bits per heavy atom. The maximum absolute atomic E-state index is 12.5. The Labute approximate surface area is 108 Å². The van der Waals surface area contributed by atoms with Gasteiger partial charge in [0.15, 0.2) is 0 Å². The van der Waals surface area contributed by atoms with Gasteiger partial charge < -0.3 is 9.64 Å². The van der Waals surface area contributed by atoms with Crippen LogP contribution >= 0.6 is 0 Å². The zero-order valence-electron chi connectivity index (χ0n) is 10.3. The molecule has 0 aliphatic carbocycles. The zero-order chi connectivity index (χ0) is 14.0. The second-order valence-electron chi connectivity index (χ2n) is 4.27. The standard InChI is InChI=1S/C12H13F3N2O2/c1-2-11(18)17-6-9(7-17)19-10-5-8(3-4-16-10)12(13,14)15/h3-5,9H,2,6-7H2,1H3. The van der Waals surface area contributed by atoms with Crippen molar-refractivity contribution in [3.05, 3.63) is 23.9 Å². The predicted octanol–water partition coefficient (Wildman–Crippen LogP) is 2.10. The molecule has 1 fully saturated rings. The molecule has 0 N–H and O–H groups in total. The van der Waals surface area contributed by atoms with Crippen LogP contribution in [0.3, 0.4) is 0 Å². The third-order valence-corrected chi connectivity index (χ3v) is 2.85. The lowest BCUT2D eigenvalue weighted by Crippen LogP contribution is -2.56. The van der Waals surface area contributed by atoms with Crippen LogP contribution in [0, 0.1) is 0 Å². The number of ether oxygens (including phenoxy) is 1. The van der Waals surface area contributed by atoms with Gasteiger partial charge in [0.2, 0.25) is 11.8 Å². The Morgan fingerprint density at radius 1 is 1.53 bits per heavy atom. The molecule has 0 bridgehead atoms. The van der Waals surface area contributed by atoms with Crippen LogP contribution in [0.4, 0.5) is 13.2 Å². The van der Waals surface area contributed by atoms with Crippen molar-refractivity contribution in [2.75, 3.05) is 13.1 Å². The van der Waals surface area contributed by atoms with Gasteiger partial charge in [0.1, 0.15) is 6.10 Å². The molecular weight excluding hydrogens is 261 g/mol. The maximum atomic E-state index is 12.5. The first-order valence-electron chi connectivity index (χ1n) is 5.88. The first-order chi connectivity index (χ1) is 8.90.